The first-order chi connectivity index (χ1) is 14.1. The van der Waals surface area contributed by atoms with Gasteiger partial charge in [-0.25, -0.2) is 19.0 Å². The third kappa shape index (κ3) is 3.07. The van der Waals surface area contributed by atoms with Crippen molar-refractivity contribution >= 4 is 31.8 Å². The molecule has 0 fully saturated rings. The highest BCUT2D eigenvalue weighted by molar-refractivity contribution is 7.25. The Balaban J connectivity index is 1.65. The number of aromatic nitrogens is 5. The molecule has 0 saturated carbocycles. The predicted octanol–water partition coefficient (Wildman–Crippen LogP) is 3.96. The van der Waals surface area contributed by atoms with Crippen molar-refractivity contribution in [2.45, 2.75) is 13.5 Å². The summed E-state index contributed by atoms with van der Waals surface area (Å²) in [7, 11) is 0. The maximum absolute atomic E-state index is 13.1. The second-order valence-electron chi connectivity index (χ2n) is 6.64. The molecule has 0 saturated heterocycles. The molecular weight excluding hydrogens is 389 g/mol. The first kappa shape index (κ1) is 17.6. The van der Waals surface area contributed by atoms with Crippen molar-refractivity contribution in [1.82, 2.24) is 25.0 Å². The number of aryl methyl sites for hydroxylation is 1. The van der Waals surface area contributed by atoms with Crippen LogP contribution in [0.4, 0.5) is 4.39 Å². The van der Waals surface area contributed by atoms with Gasteiger partial charge in [0.25, 0.3) is 5.56 Å². The van der Waals surface area contributed by atoms with Crippen LogP contribution in [0.3, 0.4) is 0 Å². The lowest BCUT2D eigenvalue weighted by Crippen LogP contribution is -2.24. The van der Waals surface area contributed by atoms with Gasteiger partial charge in [0.2, 0.25) is 0 Å². The van der Waals surface area contributed by atoms with Gasteiger partial charge in [0.15, 0.2) is 5.82 Å². The lowest BCUT2D eigenvalue weighted by atomic mass is 10.2. The minimum atomic E-state index is -0.324. The Labute approximate surface area is 168 Å². The van der Waals surface area contributed by atoms with Crippen LogP contribution in [0.25, 0.3) is 31.8 Å². The van der Waals surface area contributed by atoms with Crippen molar-refractivity contribution < 1.29 is 4.39 Å². The van der Waals surface area contributed by atoms with Gasteiger partial charge in [-0.15, -0.1) is 16.4 Å². The summed E-state index contributed by atoms with van der Waals surface area (Å²) in [5, 5.41) is 9.11. The normalized spacial score (nSPS) is 11.4. The van der Waals surface area contributed by atoms with E-state index in [1.54, 1.807) is 12.1 Å². The summed E-state index contributed by atoms with van der Waals surface area (Å²) in [4.78, 5) is 23.0. The predicted molar refractivity (Wildman–Crippen MR) is 110 cm³/mol. The standard InChI is InChI=1S/C21H14FN5OS/c1-12-16-17-18(29-20(16)24-19(23-12)14-5-3-2-4-6-14)21(28)27(26-25-17)11-13-7-9-15(22)10-8-13/h2-10H,11H2,1H3. The van der Waals surface area contributed by atoms with Gasteiger partial charge in [-0.3, -0.25) is 4.79 Å². The van der Waals surface area contributed by atoms with Crippen molar-refractivity contribution in [2.75, 3.05) is 0 Å². The van der Waals surface area contributed by atoms with E-state index < -0.39 is 0 Å². The Morgan fingerprint density at radius 3 is 2.55 bits per heavy atom. The zero-order valence-electron chi connectivity index (χ0n) is 15.3. The Kier molecular flexibility index (Phi) is 4.13. The van der Waals surface area contributed by atoms with Crippen LogP contribution in [0, 0.1) is 12.7 Å². The lowest BCUT2D eigenvalue weighted by molar-refractivity contribution is 0.597. The highest BCUT2D eigenvalue weighted by Crippen LogP contribution is 2.32. The molecule has 0 atom stereocenters. The van der Waals surface area contributed by atoms with E-state index >= 15 is 0 Å². The van der Waals surface area contributed by atoms with Gasteiger partial charge < -0.3 is 0 Å². The van der Waals surface area contributed by atoms with E-state index in [2.05, 4.69) is 20.3 Å². The molecule has 0 aliphatic rings. The maximum Gasteiger partial charge on any atom is 0.288 e. The number of nitrogens with zero attached hydrogens (tertiary/aromatic N) is 5. The van der Waals surface area contributed by atoms with Crippen LogP contribution >= 0.6 is 11.3 Å². The second kappa shape index (κ2) is 6.82. The van der Waals surface area contributed by atoms with Crippen LogP contribution in [-0.4, -0.2) is 25.0 Å². The van der Waals surface area contributed by atoms with Crippen molar-refractivity contribution in [2.24, 2.45) is 0 Å². The average Bonchev–Trinajstić information content (AvgIpc) is 3.12. The Morgan fingerprint density at radius 2 is 1.79 bits per heavy atom. The number of fused-ring (bicyclic) bond motifs is 3. The topological polar surface area (TPSA) is 73.6 Å². The summed E-state index contributed by atoms with van der Waals surface area (Å²) >= 11 is 1.29. The third-order valence-electron chi connectivity index (χ3n) is 4.67. The Bertz CT molecular complexity index is 1410. The zero-order valence-corrected chi connectivity index (χ0v) is 16.2. The summed E-state index contributed by atoms with van der Waals surface area (Å²) in [6.45, 7) is 2.10. The summed E-state index contributed by atoms with van der Waals surface area (Å²) < 4.78 is 14.9. The molecule has 3 heterocycles. The van der Waals surface area contributed by atoms with Crippen LogP contribution in [0.5, 0.6) is 0 Å². The lowest BCUT2D eigenvalue weighted by Gasteiger charge is -2.04. The monoisotopic (exact) mass is 403 g/mol. The van der Waals surface area contributed by atoms with Crippen LogP contribution < -0.4 is 5.56 Å². The smallest absolute Gasteiger partial charge is 0.266 e. The third-order valence-corrected chi connectivity index (χ3v) is 5.73. The highest BCUT2D eigenvalue weighted by Gasteiger charge is 2.18. The van der Waals surface area contributed by atoms with Crippen molar-refractivity contribution in [3.63, 3.8) is 0 Å². The largest absolute Gasteiger partial charge is 0.288 e. The number of benzene rings is 2. The van der Waals surface area contributed by atoms with E-state index in [0.29, 0.717) is 20.9 Å². The molecule has 142 valence electrons. The fourth-order valence-electron chi connectivity index (χ4n) is 3.23. The van der Waals surface area contributed by atoms with E-state index in [1.165, 1.54) is 28.2 Å². The average molecular weight is 403 g/mol. The van der Waals surface area contributed by atoms with Gasteiger partial charge in [0, 0.05) is 5.56 Å². The minimum Gasteiger partial charge on any atom is -0.266 e. The molecule has 0 radical (unpaired) electrons. The first-order valence-electron chi connectivity index (χ1n) is 8.94. The van der Waals surface area contributed by atoms with Crippen molar-refractivity contribution in [3.8, 4) is 11.4 Å². The van der Waals surface area contributed by atoms with E-state index in [9.17, 15) is 9.18 Å². The van der Waals surface area contributed by atoms with Crippen molar-refractivity contribution in [1.29, 1.82) is 0 Å². The summed E-state index contributed by atoms with van der Waals surface area (Å²) in [6, 6.07) is 15.7. The molecule has 0 aliphatic heterocycles. The molecule has 0 N–H and O–H groups in total. The number of hydrogen-bond acceptors (Lipinski definition) is 6. The molecule has 8 heteroatoms. The van der Waals surface area contributed by atoms with Gasteiger partial charge >= 0.3 is 0 Å². The summed E-state index contributed by atoms with van der Waals surface area (Å²) in [5.74, 6) is 0.289. The molecule has 0 spiro atoms. The highest BCUT2D eigenvalue weighted by atomic mass is 32.1. The van der Waals surface area contributed by atoms with Gasteiger partial charge in [0.05, 0.1) is 17.6 Å². The van der Waals surface area contributed by atoms with Crippen molar-refractivity contribution in [3.05, 3.63) is 82.0 Å². The molecule has 0 bridgehead atoms. The van der Waals surface area contributed by atoms with Gasteiger partial charge in [-0.05, 0) is 24.6 Å². The summed E-state index contributed by atoms with van der Waals surface area (Å²) in [5.41, 5.74) is 2.70. The molecule has 5 aromatic rings. The number of thiophene rings is 1. The Hall–Kier alpha value is -3.52. The molecule has 5 rings (SSSR count). The zero-order chi connectivity index (χ0) is 20.0. The molecule has 0 aliphatic carbocycles. The van der Waals surface area contributed by atoms with Crippen LogP contribution in [0.15, 0.2) is 59.4 Å². The quantitative estimate of drug-likeness (QED) is 0.456. The molecule has 0 unspecified atom stereocenters. The molecule has 2 aromatic carbocycles. The molecule has 0 amide bonds. The minimum absolute atomic E-state index is 0.218. The molecular formula is C21H14FN5OS. The molecule has 6 nitrogen and oxygen atoms in total. The van der Waals surface area contributed by atoms with Gasteiger partial charge in [-0.2, -0.15) is 0 Å². The van der Waals surface area contributed by atoms with E-state index in [-0.39, 0.29) is 17.9 Å². The van der Waals surface area contributed by atoms with E-state index in [0.717, 1.165) is 22.2 Å². The number of rotatable bonds is 3. The number of hydrogen-bond donors (Lipinski definition) is 0. The van der Waals surface area contributed by atoms with E-state index in [1.807, 2.05) is 37.3 Å². The second-order valence-corrected chi connectivity index (χ2v) is 7.64. The SMILES string of the molecule is Cc1nc(-c2ccccc2)nc2sc3c(=O)n(Cc4ccc(F)cc4)nnc3c12. The first-order valence-corrected chi connectivity index (χ1v) is 9.76. The van der Waals surface area contributed by atoms with Crippen LogP contribution in [-0.2, 0) is 6.54 Å². The van der Waals surface area contributed by atoms with Crippen LogP contribution in [0.1, 0.15) is 11.3 Å². The molecule has 29 heavy (non-hydrogen) atoms. The van der Waals surface area contributed by atoms with E-state index in [4.69, 9.17) is 0 Å². The van der Waals surface area contributed by atoms with Gasteiger partial charge in [-0.1, -0.05) is 47.7 Å². The fraction of sp³-hybridized carbons (Fsp3) is 0.0952. The maximum atomic E-state index is 13.1. The Morgan fingerprint density at radius 1 is 1.03 bits per heavy atom. The van der Waals surface area contributed by atoms with Gasteiger partial charge in [0.1, 0.15) is 20.9 Å². The molecule has 3 aromatic heterocycles. The number of halogens is 1. The fourth-order valence-corrected chi connectivity index (χ4v) is 4.34. The summed E-state index contributed by atoms with van der Waals surface area (Å²) in [6.07, 6.45) is 0. The van der Waals surface area contributed by atoms with Crippen LogP contribution in [0.2, 0.25) is 0 Å².